The summed E-state index contributed by atoms with van der Waals surface area (Å²) in [5.41, 5.74) is 3.52. The SMILES string of the molecule is CCCn1nc(-c2cocn2)c2c1CCN(S(=O)(=O)C1CC1)C2. The molecule has 0 bridgehead atoms. The molecule has 0 amide bonds. The van der Waals surface area contributed by atoms with Gasteiger partial charge in [-0.3, -0.25) is 4.68 Å². The highest BCUT2D eigenvalue weighted by Gasteiger charge is 2.42. The van der Waals surface area contributed by atoms with Gasteiger partial charge in [0, 0.05) is 37.3 Å². The fourth-order valence-electron chi connectivity index (χ4n) is 3.19. The molecule has 0 radical (unpaired) electrons. The summed E-state index contributed by atoms with van der Waals surface area (Å²) < 4.78 is 33.8. The fourth-order valence-corrected chi connectivity index (χ4v) is 5.00. The summed E-state index contributed by atoms with van der Waals surface area (Å²) in [7, 11) is -3.17. The van der Waals surface area contributed by atoms with Crippen LogP contribution in [0.4, 0.5) is 0 Å². The highest BCUT2D eigenvalue weighted by atomic mass is 32.2. The zero-order valence-corrected chi connectivity index (χ0v) is 13.9. The average Bonchev–Trinajstić information content (AvgIpc) is 3.16. The normalized spacial score (nSPS) is 19.0. The standard InChI is InChI=1S/C15H20N4O3S/c1-2-6-19-14-5-7-18(23(20,21)11-3-4-11)8-12(14)15(17-19)13-9-22-10-16-13/h9-11H,2-8H2,1H3. The number of aryl methyl sites for hydroxylation is 1. The molecule has 2 aromatic heterocycles. The third-order valence-electron chi connectivity index (χ3n) is 4.51. The first-order valence-corrected chi connectivity index (χ1v) is 9.57. The molecule has 0 atom stereocenters. The van der Waals surface area contributed by atoms with E-state index in [9.17, 15) is 8.42 Å². The van der Waals surface area contributed by atoms with Crippen LogP contribution in [0, 0.1) is 0 Å². The van der Waals surface area contributed by atoms with Gasteiger partial charge < -0.3 is 4.42 Å². The van der Waals surface area contributed by atoms with Crippen molar-refractivity contribution in [1.29, 1.82) is 0 Å². The first kappa shape index (κ1) is 14.9. The number of nitrogens with zero attached hydrogens (tertiary/aromatic N) is 4. The fraction of sp³-hybridized carbons (Fsp3) is 0.600. The molecule has 2 aliphatic rings. The lowest BCUT2D eigenvalue weighted by Gasteiger charge is -2.27. The molecule has 4 rings (SSSR count). The maximum absolute atomic E-state index is 12.6. The van der Waals surface area contributed by atoms with Crippen LogP contribution in [0.3, 0.4) is 0 Å². The first-order valence-electron chi connectivity index (χ1n) is 8.07. The number of sulfonamides is 1. The van der Waals surface area contributed by atoms with Crippen LogP contribution >= 0.6 is 0 Å². The molecule has 1 aliphatic carbocycles. The smallest absolute Gasteiger partial charge is 0.217 e. The molecule has 1 fully saturated rings. The zero-order valence-electron chi connectivity index (χ0n) is 13.1. The van der Waals surface area contributed by atoms with Gasteiger partial charge in [-0.1, -0.05) is 6.92 Å². The number of hydrogen-bond acceptors (Lipinski definition) is 5. The van der Waals surface area contributed by atoms with Gasteiger partial charge in [-0.05, 0) is 19.3 Å². The Bertz CT molecular complexity index is 806. The second-order valence-corrected chi connectivity index (χ2v) is 8.41. The van der Waals surface area contributed by atoms with Crippen LogP contribution in [0.15, 0.2) is 17.1 Å². The number of rotatable bonds is 5. The Hall–Kier alpha value is -1.67. The molecule has 7 nitrogen and oxygen atoms in total. The Balaban J connectivity index is 1.74. The maximum atomic E-state index is 12.6. The molecule has 0 aromatic carbocycles. The van der Waals surface area contributed by atoms with Gasteiger partial charge >= 0.3 is 0 Å². The van der Waals surface area contributed by atoms with E-state index in [1.54, 1.807) is 10.6 Å². The monoisotopic (exact) mass is 336 g/mol. The van der Waals surface area contributed by atoms with Crippen LogP contribution in [0.25, 0.3) is 11.4 Å². The largest absolute Gasteiger partial charge is 0.451 e. The van der Waals surface area contributed by atoms with Gasteiger partial charge in [-0.25, -0.2) is 13.4 Å². The van der Waals surface area contributed by atoms with Crippen LogP contribution < -0.4 is 0 Å². The molecule has 1 saturated carbocycles. The summed E-state index contributed by atoms with van der Waals surface area (Å²) in [4.78, 5) is 4.19. The van der Waals surface area contributed by atoms with E-state index < -0.39 is 10.0 Å². The molecule has 2 aromatic rings. The van der Waals surface area contributed by atoms with E-state index in [-0.39, 0.29) is 5.25 Å². The van der Waals surface area contributed by atoms with Gasteiger partial charge in [-0.2, -0.15) is 9.40 Å². The van der Waals surface area contributed by atoms with Crippen LogP contribution in [-0.2, 0) is 29.5 Å². The lowest BCUT2D eigenvalue weighted by atomic mass is 10.1. The lowest BCUT2D eigenvalue weighted by Crippen LogP contribution is -2.38. The molecule has 0 saturated heterocycles. The molecule has 8 heteroatoms. The van der Waals surface area contributed by atoms with Crippen molar-refractivity contribution in [3.8, 4) is 11.4 Å². The van der Waals surface area contributed by atoms with Gasteiger partial charge in [-0.15, -0.1) is 0 Å². The van der Waals surface area contributed by atoms with E-state index in [0.29, 0.717) is 25.2 Å². The van der Waals surface area contributed by atoms with E-state index >= 15 is 0 Å². The van der Waals surface area contributed by atoms with Crippen molar-refractivity contribution in [1.82, 2.24) is 19.1 Å². The second kappa shape index (κ2) is 5.45. The molecule has 0 N–H and O–H groups in total. The number of oxazole rings is 1. The Morgan fingerprint density at radius 3 is 2.87 bits per heavy atom. The first-order chi connectivity index (χ1) is 11.1. The summed E-state index contributed by atoms with van der Waals surface area (Å²) in [5, 5.41) is 4.50. The molecule has 1 aliphatic heterocycles. The summed E-state index contributed by atoms with van der Waals surface area (Å²) >= 11 is 0. The molecule has 23 heavy (non-hydrogen) atoms. The van der Waals surface area contributed by atoms with Gasteiger partial charge in [0.25, 0.3) is 0 Å². The van der Waals surface area contributed by atoms with Crippen molar-refractivity contribution in [2.45, 2.75) is 50.9 Å². The third-order valence-corrected chi connectivity index (χ3v) is 6.86. The van der Waals surface area contributed by atoms with E-state index in [1.165, 1.54) is 6.39 Å². The number of aromatic nitrogens is 3. The molecule has 3 heterocycles. The summed E-state index contributed by atoms with van der Waals surface area (Å²) in [6.45, 7) is 3.87. The van der Waals surface area contributed by atoms with E-state index in [2.05, 4.69) is 17.0 Å². The summed E-state index contributed by atoms with van der Waals surface area (Å²) in [6, 6.07) is 0. The Morgan fingerprint density at radius 1 is 1.39 bits per heavy atom. The predicted molar refractivity (Wildman–Crippen MR) is 84.1 cm³/mol. The van der Waals surface area contributed by atoms with Crippen molar-refractivity contribution in [3.05, 3.63) is 23.9 Å². The molecular formula is C15H20N4O3S. The van der Waals surface area contributed by atoms with Crippen molar-refractivity contribution in [3.63, 3.8) is 0 Å². The summed E-state index contributed by atoms with van der Waals surface area (Å²) in [5.74, 6) is 0. The van der Waals surface area contributed by atoms with E-state index in [0.717, 1.165) is 42.8 Å². The van der Waals surface area contributed by atoms with Crippen molar-refractivity contribution < 1.29 is 12.8 Å². The van der Waals surface area contributed by atoms with Gasteiger partial charge in [0.1, 0.15) is 17.7 Å². The van der Waals surface area contributed by atoms with Crippen molar-refractivity contribution in [2.24, 2.45) is 0 Å². The van der Waals surface area contributed by atoms with Crippen molar-refractivity contribution >= 4 is 10.0 Å². The summed E-state index contributed by atoms with van der Waals surface area (Å²) in [6.07, 6.45) is 6.20. The van der Waals surface area contributed by atoms with Gasteiger partial charge in [0.15, 0.2) is 6.39 Å². The van der Waals surface area contributed by atoms with Crippen LogP contribution in [-0.4, -0.2) is 39.3 Å². The third kappa shape index (κ3) is 2.49. The second-order valence-electron chi connectivity index (χ2n) is 6.20. The van der Waals surface area contributed by atoms with Crippen LogP contribution in [0.1, 0.15) is 37.4 Å². The maximum Gasteiger partial charge on any atom is 0.217 e. The minimum absolute atomic E-state index is 0.176. The molecule has 124 valence electrons. The Kier molecular flexibility index (Phi) is 3.53. The van der Waals surface area contributed by atoms with E-state index in [1.807, 2.05) is 4.68 Å². The zero-order chi connectivity index (χ0) is 16.0. The average molecular weight is 336 g/mol. The minimum Gasteiger partial charge on any atom is -0.451 e. The Labute approximate surface area is 135 Å². The van der Waals surface area contributed by atoms with Gasteiger partial charge in [0.05, 0.1) is 5.25 Å². The van der Waals surface area contributed by atoms with Gasteiger partial charge in [0.2, 0.25) is 10.0 Å². The number of fused-ring (bicyclic) bond motifs is 1. The quantitative estimate of drug-likeness (QED) is 0.831. The highest BCUT2D eigenvalue weighted by molar-refractivity contribution is 7.90. The molecule has 0 spiro atoms. The lowest BCUT2D eigenvalue weighted by molar-refractivity contribution is 0.382. The highest BCUT2D eigenvalue weighted by Crippen LogP contribution is 2.36. The predicted octanol–water partition coefficient (Wildman–Crippen LogP) is 1.80. The molecule has 0 unspecified atom stereocenters. The molecular weight excluding hydrogens is 316 g/mol. The number of hydrogen-bond donors (Lipinski definition) is 0. The minimum atomic E-state index is -3.17. The van der Waals surface area contributed by atoms with Crippen molar-refractivity contribution in [2.75, 3.05) is 6.54 Å². The topological polar surface area (TPSA) is 81.2 Å². The van der Waals surface area contributed by atoms with E-state index in [4.69, 9.17) is 4.42 Å². The van der Waals surface area contributed by atoms with Crippen LogP contribution in [0.2, 0.25) is 0 Å². The van der Waals surface area contributed by atoms with Crippen LogP contribution in [0.5, 0.6) is 0 Å². The Morgan fingerprint density at radius 2 is 2.22 bits per heavy atom.